The minimum absolute atomic E-state index is 0.150. The molecular weight excluding hydrogens is 474 g/mol. The van der Waals surface area contributed by atoms with Gasteiger partial charge in [-0.1, -0.05) is 12.1 Å². The van der Waals surface area contributed by atoms with Gasteiger partial charge in [-0.2, -0.15) is 0 Å². The summed E-state index contributed by atoms with van der Waals surface area (Å²) in [5.41, 5.74) is 1.37. The number of hydrogen-bond donors (Lipinski definition) is 1. The van der Waals surface area contributed by atoms with E-state index >= 15 is 0 Å². The molecule has 3 rings (SSSR count). The van der Waals surface area contributed by atoms with E-state index in [1.54, 1.807) is 49.4 Å². The number of benzene rings is 2. The highest BCUT2D eigenvalue weighted by atomic mass is 32.1. The molecule has 35 heavy (non-hydrogen) atoms. The fraction of sp³-hybridized carbons (Fsp3) is 0.240. The van der Waals surface area contributed by atoms with Gasteiger partial charge in [-0.25, -0.2) is 9.59 Å². The molecule has 1 heterocycles. The Morgan fingerprint density at radius 2 is 1.69 bits per heavy atom. The Balaban J connectivity index is 2.13. The number of aromatic hydroxyl groups is 1. The molecule has 0 spiro atoms. The smallest absolute Gasteiger partial charge is 0.337 e. The summed E-state index contributed by atoms with van der Waals surface area (Å²) in [7, 11) is 4.12. The van der Waals surface area contributed by atoms with Crippen LogP contribution in [-0.2, 0) is 20.8 Å². The molecule has 0 saturated heterocycles. The summed E-state index contributed by atoms with van der Waals surface area (Å²) in [6.45, 7) is 2.06. The predicted molar refractivity (Wildman–Crippen MR) is 131 cm³/mol. The molecule has 0 saturated carbocycles. The lowest BCUT2D eigenvalue weighted by Crippen LogP contribution is -2.32. The summed E-state index contributed by atoms with van der Waals surface area (Å²) in [5.74, 6) is -0.796. The molecule has 0 fully saturated rings. The highest BCUT2D eigenvalue weighted by Gasteiger charge is 2.13. The second-order valence-corrected chi connectivity index (χ2v) is 8.26. The van der Waals surface area contributed by atoms with E-state index in [-0.39, 0.29) is 36.0 Å². The Hall–Kier alpha value is -4.05. The number of esters is 2. The number of rotatable bonds is 8. The first-order chi connectivity index (χ1) is 16.8. The summed E-state index contributed by atoms with van der Waals surface area (Å²) in [6, 6.07) is 9.78. The molecule has 10 heteroatoms. The van der Waals surface area contributed by atoms with Crippen LogP contribution in [-0.4, -0.2) is 49.5 Å². The van der Waals surface area contributed by atoms with E-state index in [0.717, 1.165) is 16.9 Å². The Labute approximate surface area is 205 Å². The number of aromatic nitrogens is 1. The van der Waals surface area contributed by atoms with Crippen molar-refractivity contribution in [3.05, 3.63) is 72.6 Å². The maximum Gasteiger partial charge on any atom is 0.337 e. The van der Waals surface area contributed by atoms with Crippen molar-refractivity contribution >= 4 is 35.4 Å². The first-order valence-electron chi connectivity index (χ1n) is 10.5. The first-order valence-corrected chi connectivity index (χ1v) is 11.3. The number of ether oxygens (including phenoxy) is 4. The van der Waals surface area contributed by atoms with Gasteiger partial charge in [0.1, 0.15) is 4.66 Å². The molecule has 184 valence electrons. The van der Waals surface area contributed by atoms with Crippen LogP contribution in [0.15, 0.2) is 41.2 Å². The van der Waals surface area contributed by atoms with Crippen molar-refractivity contribution in [3.8, 4) is 17.2 Å². The summed E-state index contributed by atoms with van der Waals surface area (Å²) in [4.78, 5) is 37.2. The van der Waals surface area contributed by atoms with Gasteiger partial charge in [-0.15, -0.1) is 11.3 Å². The lowest BCUT2D eigenvalue weighted by molar-refractivity contribution is -0.135. The highest BCUT2D eigenvalue weighted by Crippen LogP contribution is 2.37. The van der Waals surface area contributed by atoms with Gasteiger partial charge < -0.3 is 24.1 Å². The van der Waals surface area contributed by atoms with Gasteiger partial charge in [-0.05, 0) is 48.4 Å². The summed E-state index contributed by atoms with van der Waals surface area (Å²) < 4.78 is 22.3. The number of nitrogens with zero attached hydrogens (tertiary/aromatic N) is 1. The van der Waals surface area contributed by atoms with Crippen molar-refractivity contribution in [2.75, 3.05) is 27.9 Å². The van der Waals surface area contributed by atoms with E-state index in [4.69, 9.17) is 18.9 Å². The van der Waals surface area contributed by atoms with Gasteiger partial charge in [0.25, 0.3) is 5.56 Å². The van der Waals surface area contributed by atoms with E-state index in [1.807, 2.05) is 0 Å². The van der Waals surface area contributed by atoms with Gasteiger partial charge in [0, 0.05) is 0 Å². The zero-order valence-electron chi connectivity index (χ0n) is 19.7. The van der Waals surface area contributed by atoms with Gasteiger partial charge in [0.2, 0.25) is 5.75 Å². The molecule has 0 aliphatic rings. The zero-order valence-corrected chi connectivity index (χ0v) is 20.5. The van der Waals surface area contributed by atoms with Crippen LogP contribution in [0.5, 0.6) is 17.2 Å². The molecule has 1 N–H and O–H groups in total. The minimum atomic E-state index is -0.567. The van der Waals surface area contributed by atoms with Crippen molar-refractivity contribution in [1.29, 1.82) is 0 Å². The van der Waals surface area contributed by atoms with Crippen molar-refractivity contribution in [2.24, 2.45) is 0 Å². The molecule has 2 aromatic carbocycles. The second-order valence-electron chi connectivity index (χ2n) is 7.20. The Morgan fingerprint density at radius 3 is 2.23 bits per heavy atom. The monoisotopic (exact) mass is 499 g/mol. The van der Waals surface area contributed by atoms with Crippen LogP contribution in [0.25, 0.3) is 12.2 Å². The molecule has 0 aliphatic carbocycles. The van der Waals surface area contributed by atoms with E-state index in [0.29, 0.717) is 20.3 Å². The standard InChI is InChI=1S/C25H25NO8S/c1-5-34-22(27)13-21-26(14-15-6-8-17(9-7-15)25(30)33-4)24(29)20(35-21)12-16-10-18(31-2)23(28)19(11-16)32-3/h6-13,28H,5,14H2,1-4H3/b20-12-,21-13-. The highest BCUT2D eigenvalue weighted by molar-refractivity contribution is 7.07. The molecular formula is C25H25NO8S. The van der Waals surface area contributed by atoms with Gasteiger partial charge in [0.05, 0.1) is 50.7 Å². The molecule has 0 amide bonds. The fourth-order valence-corrected chi connectivity index (χ4v) is 4.30. The van der Waals surface area contributed by atoms with Gasteiger partial charge in [-0.3, -0.25) is 9.36 Å². The normalized spacial score (nSPS) is 11.9. The van der Waals surface area contributed by atoms with Crippen molar-refractivity contribution < 1.29 is 33.6 Å². The molecule has 0 bridgehead atoms. The number of hydrogen-bond acceptors (Lipinski definition) is 9. The molecule has 0 radical (unpaired) electrons. The van der Waals surface area contributed by atoms with Gasteiger partial charge >= 0.3 is 11.9 Å². The SMILES string of the molecule is CCOC(=O)/C=c1\s/c(=C\c2cc(OC)c(O)c(OC)c2)c(=O)n1Cc1ccc(C(=O)OC)cc1. The van der Waals surface area contributed by atoms with E-state index < -0.39 is 11.9 Å². The van der Waals surface area contributed by atoms with Crippen LogP contribution in [0.3, 0.4) is 0 Å². The third kappa shape index (κ3) is 5.90. The van der Waals surface area contributed by atoms with Crippen molar-refractivity contribution in [1.82, 2.24) is 4.57 Å². The number of carbonyl (C=O) groups is 2. The molecule has 3 aromatic rings. The molecule has 1 aromatic heterocycles. The lowest BCUT2D eigenvalue weighted by Gasteiger charge is -2.09. The second kappa shape index (κ2) is 11.4. The quantitative estimate of drug-likeness (QED) is 0.466. The predicted octanol–water partition coefficient (Wildman–Crippen LogP) is 1.64. The fourth-order valence-electron chi connectivity index (χ4n) is 3.27. The third-order valence-corrected chi connectivity index (χ3v) is 6.04. The van der Waals surface area contributed by atoms with Crippen molar-refractivity contribution in [3.63, 3.8) is 0 Å². The van der Waals surface area contributed by atoms with Crippen LogP contribution < -0.4 is 24.2 Å². The number of phenols is 1. The minimum Gasteiger partial charge on any atom is -0.502 e. The molecule has 0 atom stereocenters. The zero-order chi connectivity index (χ0) is 25.5. The topological polar surface area (TPSA) is 113 Å². The summed E-state index contributed by atoms with van der Waals surface area (Å²) in [5, 5.41) is 10.2. The van der Waals surface area contributed by atoms with E-state index in [9.17, 15) is 19.5 Å². The maximum atomic E-state index is 13.3. The Morgan fingerprint density at radius 1 is 1.06 bits per heavy atom. The largest absolute Gasteiger partial charge is 0.502 e. The summed E-state index contributed by atoms with van der Waals surface area (Å²) >= 11 is 1.12. The average Bonchev–Trinajstić information content (AvgIpc) is 3.13. The van der Waals surface area contributed by atoms with Crippen LogP contribution in [0.2, 0.25) is 0 Å². The maximum absolute atomic E-state index is 13.3. The molecule has 0 unspecified atom stereocenters. The third-order valence-electron chi connectivity index (χ3n) is 4.98. The average molecular weight is 500 g/mol. The van der Waals surface area contributed by atoms with Crippen LogP contribution in [0.1, 0.15) is 28.4 Å². The number of thiazole rings is 1. The summed E-state index contributed by atoms with van der Waals surface area (Å²) in [6.07, 6.45) is 2.89. The lowest BCUT2D eigenvalue weighted by atomic mass is 10.1. The number of carbonyl (C=O) groups excluding carboxylic acids is 2. The number of phenolic OH excluding ortho intramolecular Hbond substituents is 1. The number of methoxy groups -OCH3 is 3. The molecule has 9 nitrogen and oxygen atoms in total. The van der Waals surface area contributed by atoms with E-state index in [2.05, 4.69) is 0 Å². The van der Waals surface area contributed by atoms with Crippen LogP contribution in [0, 0.1) is 0 Å². The van der Waals surface area contributed by atoms with Crippen molar-refractivity contribution in [2.45, 2.75) is 13.5 Å². The van der Waals surface area contributed by atoms with Gasteiger partial charge in [0.15, 0.2) is 11.5 Å². The molecule has 0 aliphatic heterocycles. The van der Waals surface area contributed by atoms with Crippen LogP contribution in [0.4, 0.5) is 0 Å². The Kier molecular flexibility index (Phi) is 8.32. The Bertz CT molecular complexity index is 1380. The van der Waals surface area contributed by atoms with E-state index in [1.165, 1.54) is 32.0 Å². The first kappa shape index (κ1) is 25.6. The van der Waals surface area contributed by atoms with Crippen LogP contribution >= 0.6 is 11.3 Å².